The molecule has 1 rings (SSSR count). The van der Waals surface area contributed by atoms with Gasteiger partial charge in [-0.2, -0.15) is 5.26 Å². The summed E-state index contributed by atoms with van der Waals surface area (Å²) >= 11 is 0. The molecule has 0 fully saturated rings. The number of hydrogen-bond acceptors (Lipinski definition) is 5. The standard InChI is InChI=1S/C13H15NO4/c1-18-12(16)8-11(15)13(17)10-4-2-9(3-5-10)6-7-14/h2-5,11,13,15,17H,6,8H2,1H3. The molecule has 0 saturated heterocycles. The molecule has 18 heavy (non-hydrogen) atoms. The summed E-state index contributed by atoms with van der Waals surface area (Å²) in [5, 5.41) is 28.0. The lowest BCUT2D eigenvalue weighted by atomic mass is 10.0. The summed E-state index contributed by atoms with van der Waals surface area (Å²) in [5.41, 5.74) is 1.32. The first-order valence-corrected chi connectivity index (χ1v) is 5.47. The van der Waals surface area contributed by atoms with Crippen LogP contribution in [0.5, 0.6) is 0 Å². The molecule has 0 aromatic heterocycles. The van der Waals surface area contributed by atoms with Crippen LogP contribution in [0.3, 0.4) is 0 Å². The lowest BCUT2D eigenvalue weighted by Crippen LogP contribution is -2.22. The van der Waals surface area contributed by atoms with E-state index < -0.39 is 18.2 Å². The number of nitrogens with zero attached hydrogens (tertiary/aromatic N) is 1. The highest BCUT2D eigenvalue weighted by molar-refractivity contribution is 5.69. The molecule has 0 aliphatic rings. The maximum Gasteiger partial charge on any atom is 0.308 e. The van der Waals surface area contributed by atoms with Gasteiger partial charge in [-0.25, -0.2) is 0 Å². The summed E-state index contributed by atoms with van der Waals surface area (Å²) in [5.74, 6) is -0.581. The van der Waals surface area contributed by atoms with Crippen molar-refractivity contribution in [3.63, 3.8) is 0 Å². The first kappa shape index (κ1) is 14.2. The molecule has 96 valence electrons. The predicted molar refractivity (Wildman–Crippen MR) is 63.4 cm³/mol. The molecule has 0 bridgehead atoms. The molecule has 0 saturated carbocycles. The van der Waals surface area contributed by atoms with Crippen LogP contribution in [0.15, 0.2) is 24.3 Å². The maximum atomic E-state index is 11.0. The minimum atomic E-state index is -1.21. The highest BCUT2D eigenvalue weighted by atomic mass is 16.5. The molecule has 0 heterocycles. The quantitative estimate of drug-likeness (QED) is 0.750. The van der Waals surface area contributed by atoms with Gasteiger partial charge in [-0.15, -0.1) is 0 Å². The van der Waals surface area contributed by atoms with Crippen molar-refractivity contribution >= 4 is 5.97 Å². The Morgan fingerprint density at radius 1 is 1.39 bits per heavy atom. The Bertz CT molecular complexity index is 435. The molecule has 5 nitrogen and oxygen atoms in total. The van der Waals surface area contributed by atoms with Crippen LogP contribution in [0.25, 0.3) is 0 Å². The van der Waals surface area contributed by atoms with Gasteiger partial charge in [-0.05, 0) is 11.1 Å². The molecule has 0 amide bonds. The summed E-state index contributed by atoms with van der Waals surface area (Å²) in [6, 6.07) is 8.66. The molecule has 1 aromatic rings. The van der Waals surface area contributed by atoms with E-state index in [1.54, 1.807) is 24.3 Å². The van der Waals surface area contributed by atoms with Gasteiger partial charge in [0, 0.05) is 0 Å². The Kier molecular flexibility index (Phi) is 5.31. The summed E-state index contributed by atoms with van der Waals surface area (Å²) in [6.45, 7) is 0. The van der Waals surface area contributed by atoms with E-state index in [1.807, 2.05) is 6.07 Å². The minimum Gasteiger partial charge on any atom is -0.469 e. The molecule has 0 spiro atoms. The summed E-state index contributed by atoms with van der Waals surface area (Å²) in [6.07, 6.45) is -2.34. The van der Waals surface area contributed by atoms with Crippen LogP contribution in [0.1, 0.15) is 23.7 Å². The van der Waals surface area contributed by atoms with Crippen LogP contribution in [-0.4, -0.2) is 29.4 Å². The van der Waals surface area contributed by atoms with Crippen molar-refractivity contribution in [2.24, 2.45) is 0 Å². The van der Waals surface area contributed by atoms with E-state index in [-0.39, 0.29) is 6.42 Å². The number of benzene rings is 1. The van der Waals surface area contributed by atoms with Gasteiger partial charge in [-0.1, -0.05) is 24.3 Å². The first-order chi connectivity index (χ1) is 8.58. The third kappa shape index (κ3) is 3.84. The molecule has 0 aliphatic heterocycles. The first-order valence-electron chi connectivity index (χ1n) is 5.47. The molecule has 2 unspecified atom stereocenters. The maximum absolute atomic E-state index is 11.0. The van der Waals surface area contributed by atoms with Gasteiger partial charge in [0.1, 0.15) is 6.10 Å². The Hall–Kier alpha value is -1.90. The molecular formula is C13H15NO4. The molecular weight excluding hydrogens is 234 g/mol. The SMILES string of the molecule is COC(=O)CC(O)C(O)c1ccc(CC#N)cc1. The fourth-order valence-corrected chi connectivity index (χ4v) is 1.51. The zero-order valence-electron chi connectivity index (χ0n) is 10.0. The molecule has 0 aliphatic carbocycles. The van der Waals surface area contributed by atoms with Crippen molar-refractivity contribution in [2.75, 3.05) is 7.11 Å². The number of ether oxygens (including phenoxy) is 1. The summed E-state index contributed by atoms with van der Waals surface area (Å²) in [7, 11) is 1.22. The topological polar surface area (TPSA) is 90.6 Å². The molecule has 2 atom stereocenters. The highest BCUT2D eigenvalue weighted by Gasteiger charge is 2.21. The number of hydrogen-bond donors (Lipinski definition) is 2. The molecule has 5 heteroatoms. The minimum absolute atomic E-state index is 0.266. The van der Waals surface area contributed by atoms with E-state index in [2.05, 4.69) is 4.74 Å². The van der Waals surface area contributed by atoms with Crippen LogP contribution in [-0.2, 0) is 16.0 Å². The van der Waals surface area contributed by atoms with Gasteiger partial charge in [0.05, 0.1) is 32.1 Å². The zero-order chi connectivity index (χ0) is 13.5. The van der Waals surface area contributed by atoms with Crippen LogP contribution >= 0.6 is 0 Å². The van der Waals surface area contributed by atoms with Crippen LogP contribution < -0.4 is 0 Å². The fraction of sp³-hybridized carbons (Fsp3) is 0.385. The number of nitriles is 1. The van der Waals surface area contributed by atoms with Gasteiger partial charge in [-0.3, -0.25) is 4.79 Å². The van der Waals surface area contributed by atoms with E-state index in [0.717, 1.165) is 5.56 Å². The van der Waals surface area contributed by atoms with E-state index in [4.69, 9.17) is 5.26 Å². The lowest BCUT2D eigenvalue weighted by Gasteiger charge is -2.17. The monoisotopic (exact) mass is 249 g/mol. The summed E-state index contributed by atoms with van der Waals surface area (Å²) < 4.78 is 4.41. The number of carbonyl (C=O) groups is 1. The largest absolute Gasteiger partial charge is 0.469 e. The number of esters is 1. The second kappa shape index (κ2) is 6.74. The van der Waals surface area contributed by atoms with Gasteiger partial charge in [0.25, 0.3) is 0 Å². The molecule has 2 N–H and O–H groups in total. The van der Waals surface area contributed by atoms with Crippen molar-refractivity contribution in [1.82, 2.24) is 0 Å². The zero-order valence-corrected chi connectivity index (χ0v) is 10.0. The number of rotatable bonds is 5. The van der Waals surface area contributed by atoms with Crippen LogP contribution in [0.4, 0.5) is 0 Å². The number of aliphatic hydroxyl groups is 2. The van der Waals surface area contributed by atoms with E-state index in [9.17, 15) is 15.0 Å². The third-order valence-corrected chi connectivity index (χ3v) is 2.57. The smallest absolute Gasteiger partial charge is 0.308 e. The van der Waals surface area contributed by atoms with Crippen molar-refractivity contribution in [2.45, 2.75) is 25.0 Å². The predicted octanol–water partition coefficient (Wildman–Crippen LogP) is 0.710. The lowest BCUT2D eigenvalue weighted by molar-refractivity contribution is -0.144. The van der Waals surface area contributed by atoms with E-state index in [0.29, 0.717) is 12.0 Å². The van der Waals surface area contributed by atoms with Crippen molar-refractivity contribution in [3.05, 3.63) is 35.4 Å². The second-order valence-electron chi connectivity index (χ2n) is 3.87. The third-order valence-electron chi connectivity index (χ3n) is 2.57. The van der Waals surface area contributed by atoms with Crippen molar-refractivity contribution in [3.8, 4) is 6.07 Å². The molecule has 0 radical (unpaired) electrons. The Balaban J connectivity index is 2.68. The summed E-state index contributed by atoms with van der Waals surface area (Å²) in [4.78, 5) is 11.0. The number of carbonyl (C=O) groups excluding carboxylic acids is 1. The Morgan fingerprint density at radius 2 is 2.00 bits per heavy atom. The van der Waals surface area contributed by atoms with Crippen LogP contribution in [0, 0.1) is 11.3 Å². The van der Waals surface area contributed by atoms with Crippen molar-refractivity contribution < 1.29 is 19.7 Å². The number of aliphatic hydroxyl groups excluding tert-OH is 2. The van der Waals surface area contributed by atoms with Crippen molar-refractivity contribution in [1.29, 1.82) is 5.26 Å². The van der Waals surface area contributed by atoms with Gasteiger partial charge in [0.15, 0.2) is 0 Å². The van der Waals surface area contributed by atoms with E-state index in [1.165, 1.54) is 7.11 Å². The normalized spacial score (nSPS) is 13.4. The number of methoxy groups -OCH3 is 1. The average molecular weight is 249 g/mol. The van der Waals surface area contributed by atoms with Gasteiger partial charge < -0.3 is 14.9 Å². The van der Waals surface area contributed by atoms with Gasteiger partial charge >= 0.3 is 5.97 Å². The van der Waals surface area contributed by atoms with Gasteiger partial charge in [0.2, 0.25) is 0 Å². The Labute approximate surface area is 105 Å². The highest BCUT2D eigenvalue weighted by Crippen LogP contribution is 2.19. The van der Waals surface area contributed by atoms with E-state index >= 15 is 0 Å². The molecule has 1 aromatic carbocycles. The second-order valence-corrected chi connectivity index (χ2v) is 3.87. The Morgan fingerprint density at radius 3 is 2.50 bits per heavy atom. The fourth-order valence-electron chi connectivity index (χ4n) is 1.51. The van der Waals surface area contributed by atoms with Crippen LogP contribution in [0.2, 0.25) is 0 Å². The average Bonchev–Trinajstić information content (AvgIpc) is 2.39.